The van der Waals surface area contributed by atoms with Crippen molar-refractivity contribution >= 4 is 18.1 Å². The summed E-state index contributed by atoms with van der Waals surface area (Å²) in [5.74, 6) is 0.926. The lowest BCUT2D eigenvalue weighted by atomic mass is 9.95. The van der Waals surface area contributed by atoms with Crippen molar-refractivity contribution in [2.75, 3.05) is 14.2 Å². The van der Waals surface area contributed by atoms with Crippen molar-refractivity contribution in [2.24, 2.45) is 5.92 Å². The second-order valence-electron chi connectivity index (χ2n) is 17.9. The van der Waals surface area contributed by atoms with E-state index in [1.807, 2.05) is 6.08 Å². The third kappa shape index (κ3) is 20.7. The Morgan fingerprint density at radius 1 is 0.968 bits per heavy atom. The average molecular weight is 875 g/mol. The molecule has 0 bridgehead atoms. The van der Waals surface area contributed by atoms with Crippen LogP contribution in [0.3, 0.4) is 0 Å². The fraction of sp³-hybridized carbons (Fsp3) is 0.635. The van der Waals surface area contributed by atoms with Gasteiger partial charge in [0.15, 0.2) is 5.89 Å². The molecular formula is C52H78N2O9. The lowest BCUT2D eigenvalue weighted by Gasteiger charge is -2.34. The van der Waals surface area contributed by atoms with E-state index in [-0.39, 0.29) is 36.6 Å². The SMILES string of the molecule is C=C(CCC/C=C\C(=O)O)CC(O)CC1CCCC(c2coc(/C=C/CCCCC(C)C/C(C)=C/c3coc(CC4CC(OC)CC(C/C=C(C)/C=C/C(CCC)OC)O4)n3)n2)O1. The molecule has 0 amide bonds. The number of allylic oxidation sites excluding steroid dienone is 5. The smallest absolute Gasteiger partial charge is 0.327 e. The highest BCUT2D eigenvalue weighted by Crippen LogP contribution is 2.33. The molecule has 0 aromatic carbocycles. The van der Waals surface area contributed by atoms with Crippen molar-refractivity contribution in [3.05, 3.63) is 95.4 Å². The van der Waals surface area contributed by atoms with Crippen LogP contribution in [0.25, 0.3) is 12.2 Å². The Hall–Kier alpha value is -3.87. The molecule has 0 aliphatic carbocycles. The molecule has 63 heavy (non-hydrogen) atoms. The number of hydrogen-bond acceptors (Lipinski definition) is 10. The van der Waals surface area contributed by atoms with Crippen LogP contribution in [0.5, 0.6) is 0 Å². The summed E-state index contributed by atoms with van der Waals surface area (Å²) in [5, 5.41) is 19.4. The molecule has 2 saturated heterocycles. The molecule has 8 atom stereocenters. The standard InChI is InChI=1S/C52H78N2O9/c1-8-17-43(58-6)26-24-37(2)25-27-45-32-46(59-7)33-47(62-45)34-51-53-41(35-60-51)29-40(5)28-38(3)18-12-9-10-14-22-50-54-48(36-61-50)49-21-16-20-44(63-49)31-42(55)30-39(4)19-13-11-15-23-52(56)57/h14-15,22-26,29,35-36,38,42-47,49,55H,4,8-13,16-21,27-28,30-34H2,1-3,5-7H3,(H,56,57)/b22-14+,23-15-,26-24+,37-25+,40-29+. The maximum Gasteiger partial charge on any atom is 0.327 e. The van der Waals surface area contributed by atoms with Crippen LogP contribution in [0.2, 0.25) is 0 Å². The number of carboxylic acids is 1. The summed E-state index contributed by atoms with van der Waals surface area (Å²) >= 11 is 0. The zero-order valence-electron chi connectivity index (χ0n) is 39.2. The van der Waals surface area contributed by atoms with Gasteiger partial charge in [0.2, 0.25) is 5.89 Å². The number of methoxy groups -OCH3 is 2. The van der Waals surface area contributed by atoms with Crippen LogP contribution in [0.15, 0.2) is 81.1 Å². The van der Waals surface area contributed by atoms with Crippen molar-refractivity contribution in [3.8, 4) is 0 Å². The third-order valence-electron chi connectivity index (χ3n) is 12.0. The van der Waals surface area contributed by atoms with Crippen LogP contribution in [0.4, 0.5) is 0 Å². The summed E-state index contributed by atoms with van der Waals surface area (Å²) < 4.78 is 35.9. The second kappa shape index (κ2) is 28.8. The topological polar surface area (TPSA) is 147 Å². The number of carbonyl (C=O) groups is 1. The summed E-state index contributed by atoms with van der Waals surface area (Å²) in [6, 6.07) is 0. The van der Waals surface area contributed by atoms with Crippen molar-refractivity contribution < 1.29 is 42.8 Å². The highest BCUT2D eigenvalue weighted by Gasteiger charge is 2.31. The van der Waals surface area contributed by atoms with Gasteiger partial charge in [0.05, 0.1) is 43.0 Å². The molecule has 350 valence electrons. The van der Waals surface area contributed by atoms with Crippen LogP contribution in [-0.2, 0) is 30.2 Å². The first-order chi connectivity index (χ1) is 30.4. The van der Waals surface area contributed by atoms with E-state index in [9.17, 15) is 9.90 Å². The predicted molar refractivity (Wildman–Crippen MR) is 250 cm³/mol. The summed E-state index contributed by atoms with van der Waals surface area (Å²) in [7, 11) is 3.55. The summed E-state index contributed by atoms with van der Waals surface area (Å²) in [6.07, 6.45) is 35.5. The largest absolute Gasteiger partial charge is 0.478 e. The minimum Gasteiger partial charge on any atom is -0.478 e. The number of ether oxygens (including phenoxy) is 4. The number of rotatable bonds is 29. The number of aliphatic hydroxyl groups is 1. The molecule has 2 aromatic heterocycles. The number of nitrogens with zero attached hydrogens (tertiary/aromatic N) is 2. The lowest BCUT2D eigenvalue weighted by molar-refractivity contribution is -0.131. The number of unbranched alkanes of at least 4 members (excludes halogenated alkanes) is 3. The van der Waals surface area contributed by atoms with Crippen LogP contribution >= 0.6 is 0 Å². The van der Waals surface area contributed by atoms with E-state index in [0.29, 0.717) is 43.4 Å². The van der Waals surface area contributed by atoms with Crippen molar-refractivity contribution in [1.29, 1.82) is 0 Å². The first-order valence-corrected chi connectivity index (χ1v) is 23.6. The maximum atomic E-state index is 10.7. The van der Waals surface area contributed by atoms with E-state index in [0.717, 1.165) is 119 Å². The van der Waals surface area contributed by atoms with Crippen molar-refractivity contribution in [3.63, 3.8) is 0 Å². The molecule has 11 heteroatoms. The van der Waals surface area contributed by atoms with Crippen LogP contribution in [0.1, 0.15) is 173 Å². The van der Waals surface area contributed by atoms with Gasteiger partial charge in [-0.1, -0.05) is 86.8 Å². The number of aliphatic carboxylic acids is 1. The highest BCUT2D eigenvalue weighted by molar-refractivity contribution is 5.79. The molecule has 0 saturated carbocycles. The Morgan fingerprint density at radius 2 is 1.78 bits per heavy atom. The Labute approximate surface area is 377 Å². The van der Waals surface area contributed by atoms with Gasteiger partial charge in [-0.2, -0.15) is 0 Å². The number of aliphatic hydroxyl groups excluding tert-OH is 1. The number of carboxylic acid groups (broad SMARTS) is 1. The van der Waals surface area contributed by atoms with Gasteiger partial charge in [0, 0.05) is 33.1 Å². The Balaban J connectivity index is 1.11. The number of aromatic nitrogens is 2. The van der Waals surface area contributed by atoms with Gasteiger partial charge in [-0.05, 0) is 115 Å². The van der Waals surface area contributed by atoms with Gasteiger partial charge in [0.25, 0.3) is 0 Å². The molecule has 4 rings (SSSR count). The van der Waals surface area contributed by atoms with E-state index >= 15 is 0 Å². The molecule has 2 aromatic rings. The molecule has 0 radical (unpaired) electrons. The Kier molecular flexibility index (Phi) is 23.7. The molecule has 4 heterocycles. The van der Waals surface area contributed by atoms with E-state index in [2.05, 4.69) is 64.7 Å². The zero-order valence-corrected chi connectivity index (χ0v) is 39.2. The monoisotopic (exact) mass is 875 g/mol. The first kappa shape index (κ1) is 51.8. The van der Waals surface area contributed by atoms with E-state index < -0.39 is 12.1 Å². The fourth-order valence-electron chi connectivity index (χ4n) is 8.64. The van der Waals surface area contributed by atoms with E-state index in [4.69, 9.17) is 42.9 Å². The normalized spacial score (nSPS) is 22.9. The summed E-state index contributed by atoms with van der Waals surface area (Å²) in [6.45, 7) is 12.9. The molecule has 2 aliphatic rings. The van der Waals surface area contributed by atoms with Gasteiger partial charge in [0.1, 0.15) is 30.0 Å². The Morgan fingerprint density at radius 3 is 2.56 bits per heavy atom. The predicted octanol–water partition coefficient (Wildman–Crippen LogP) is 12.3. The third-order valence-corrected chi connectivity index (χ3v) is 12.0. The van der Waals surface area contributed by atoms with Crippen LogP contribution in [-0.4, -0.2) is 77.0 Å². The lowest BCUT2D eigenvalue weighted by Crippen LogP contribution is -2.37. The Bertz CT molecular complexity index is 1790. The van der Waals surface area contributed by atoms with Gasteiger partial charge < -0.3 is 38.0 Å². The van der Waals surface area contributed by atoms with Gasteiger partial charge >= 0.3 is 5.97 Å². The summed E-state index contributed by atoms with van der Waals surface area (Å²) in [4.78, 5) is 20.1. The van der Waals surface area contributed by atoms with E-state index in [1.165, 1.54) is 11.1 Å². The fourth-order valence-corrected chi connectivity index (χ4v) is 8.64. The average Bonchev–Trinajstić information content (AvgIpc) is 3.91. The molecular weight excluding hydrogens is 797 g/mol. The van der Waals surface area contributed by atoms with Gasteiger partial charge in [-0.3, -0.25) is 0 Å². The minimum absolute atomic E-state index is 0.00477. The molecule has 2 N–H and O–H groups in total. The molecule has 0 spiro atoms. The molecule has 11 nitrogen and oxygen atoms in total. The van der Waals surface area contributed by atoms with Crippen LogP contribution in [0, 0.1) is 5.92 Å². The number of hydrogen-bond donors (Lipinski definition) is 2. The van der Waals surface area contributed by atoms with Gasteiger partial charge in [-0.15, -0.1) is 0 Å². The van der Waals surface area contributed by atoms with Gasteiger partial charge in [-0.25, -0.2) is 14.8 Å². The number of oxazole rings is 2. The molecule has 8 unspecified atom stereocenters. The minimum atomic E-state index is -0.934. The van der Waals surface area contributed by atoms with Crippen molar-refractivity contribution in [2.45, 2.75) is 192 Å². The molecule has 2 aliphatic heterocycles. The quantitative estimate of drug-likeness (QED) is 0.0348. The highest BCUT2D eigenvalue weighted by atomic mass is 16.5. The zero-order chi connectivity index (χ0) is 45.4. The first-order valence-electron chi connectivity index (χ1n) is 23.6. The van der Waals surface area contributed by atoms with Crippen molar-refractivity contribution in [1.82, 2.24) is 9.97 Å². The second-order valence-corrected chi connectivity index (χ2v) is 17.9. The van der Waals surface area contributed by atoms with Crippen LogP contribution < -0.4 is 0 Å². The summed E-state index contributed by atoms with van der Waals surface area (Å²) in [5.41, 5.74) is 5.15. The van der Waals surface area contributed by atoms with E-state index in [1.54, 1.807) is 32.8 Å². The maximum absolute atomic E-state index is 10.7. The molecule has 2 fully saturated rings.